The van der Waals surface area contributed by atoms with Gasteiger partial charge in [0.15, 0.2) is 0 Å². The highest BCUT2D eigenvalue weighted by Gasteiger charge is 2.30. The van der Waals surface area contributed by atoms with Gasteiger partial charge in [0, 0.05) is 30.6 Å². The molecule has 0 N–H and O–H groups in total. The summed E-state index contributed by atoms with van der Waals surface area (Å²) in [5.41, 5.74) is 3.15. The van der Waals surface area contributed by atoms with E-state index in [2.05, 4.69) is 41.2 Å². The van der Waals surface area contributed by atoms with Gasteiger partial charge >= 0.3 is 0 Å². The summed E-state index contributed by atoms with van der Waals surface area (Å²) in [6, 6.07) is 20.5. The molecular formula is C22H23N3OS. The molecule has 0 aliphatic carbocycles. The molecule has 138 valence electrons. The molecule has 1 unspecified atom stereocenters. The molecule has 3 aromatic rings. The molecule has 1 fully saturated rings. The van der Waals surface area contributed by atoms with Gasteiger partial charge in [0.25, 0.3) is 0 Å². The maximum atomic E-state index is 13.1. The molecule has 1 amide bonds. The third-order valence-corrected chi connectivity index (χ3v) is 5.93. The number of aromatic nitrogens is 1. The Morgan fingerprint density at radius 2 is 1.78 bits per heavy atom. The summed E-state index contributed by atoms with van der Waals surface area (Å²) in [5.74, 6) is 0.155. The number of carbonyl (C=O) groups is 1. The van der Waals surface area contributed by atoms with Gasteiger partial charge in [0.2, 0.25) is 5.91 Å². The van der Waals surface area contributed by atoms with Crippen LogP contribution in [0.25, 0.3) is 10.6 Å². The van der Waals surface area contributed by atoms with Crippen LogP contribution in [0.1, 0.15) is 17.3 Å². The molecule has 1 aromatic heterocycles. The standard InChI is InChI=1S/C22H23N3OS/c1-24-12-13-25(20(15-24)17-8-4-2-5-9-17)21(26)14-19-16-27-22(23-19)18-10-6-3-7-11-18/h2-11,16,20H,12-15H2,1H3. The molecule has 2 aromatic carbocycles. The summed E-state index contributed by atoms with van der Waals surface area (Å²) < 4.78 is 0. The van der Waals surface area contributed by atoms with Crippen LogP contribution in [0.4, 0.5) is 0 Å². The van der Waals surface area contributed by atoms with Gasteiger partial charge in [-0.3, -0.25) is 4.79 Å². The normalized spacial score (nSPS) is 17.8. The maximum absolute atomic E-state index is 13.1. The van der Waals surface area contributed by atoms with Crippen LogP contribution >= 0.6 is 11.3 Å². The highest BCUT2D eigenvalue weighted by atomic mass is 32.1. The van der Waals surface area contributed by atoms with Crippen molar-refractivity contribution in [3.05, 3.63) is 77.3 Å². The summed E-state index contributed by atoms with van der Waals surface area (Å²) in [7, 11) is 2.12. The first-order valence-corrected chi connectivity index (χ1v) is 10.1. The van der Waals surface area contributed by atoms with Crippen molar-refractivity contribution in [1.29, 1.82) is 0 Å². The van der Waals surface area contributed by atoms with E-state index < -0.39 is 0 Å². The molecule has 5 heteroatoms. The average molecular weight is 378 g/mol. The predicted molar refractivity (Wildman–Crippen MR) is 110 cm³/mol. The monoisotopic (exact) mass is 377 g/mol. The zero-order valence-electron chi connectivity index (χ0n) is 15.4. The number of nitrogens with zero attached hydrogens (tertiary/aromatic N) is 3. The first kappa shape index (κ1) is 17.9. The highest BCUT2D eigenvalue weighted by molar-refractivity contribution is 7.13. The maximum Gasteiger partial charge on any atom is 0.229 e. The van der Waals surface area contributed by atoms with Crippen LogP contribution in [0.5, 0.6) is 0 Å². The molecule has 4 nitrogen and oxygen atoms in total. The number of carbonyl (C=O) groups excluding carboxylic acids is 1. The lowest BCUT2D eigenvalue weighted by Gasteiger charge is -2.40. The molecule has 1 aliphatic rings. The van der Waals surface area contributed by atoms with E-state index in [-0.39, 0.29) is 11.9 Å². The van der Waals surface area contributed by atoms with Crippen molar-refractivity contribution < 1.29 is 4.79 Å². The minimum Gasteiger partial charge on any atom is -0.333 e. The van der Waals surface area contributed by atoms with Gasteiger partial charge in [-0.25, -0.2) is 4.98 Å². The Morgan fingerprint density at radius 3 is 2.52 bits per heavy atom. The summed E-state index contributed by atoms with van der Waals surface area (Å²) in [6.07, 6.45) is 0.358. The molecule has 1 aliphatic heterocycles. The second-order valence-electron chi connectivity index (χ2n) is 6.96. The van der Waals surface area contributed by atoms with Crippen molar-refractivity contribution in [2.75, 3.05) is 26.7 Å². The van der Waals surface area contributed by atoms with Gasteiger partial charge in [0.05, 0.1) is 18.2 Å². The van der Waals surface area contributed by atoms with Crippen molar-refractivity contribution in [3.63, 3.8) is 0 Å². The summed E-state index contributed by atoms with van der Waals surface area (Å²) in [5, 5.41) is 2.98. The van der Waals surface area contributed by atoms with Gasteiger partial charge < -0.3 is 9.80 Å². The van der Waals surface area contributed by atoms with E-state index in [4.69, 9.17) is 0 Å². The van der Waals surface area contributed by atoms with Crippen LogP contribution in [0.15, 0.2) is 66.0 Å². The number of rotatable bonds is 4. The van der Waals surface area contributed by atoms with Gasteiger partial charge in [-0.2, -0.15) is 0 Å². The number of hydrogen-bond donors (Lipinski definition) is 0. The number of amides is 1. The van der Waals surface area contributed by atoms with Crippen molar-refractivity contribution in [2.45, 2.75) is 12.5 Å². The van der Waals surface area contributed by atoms with Crippen molar-refractivity contribution in [2.24, 2.45) is 0 Å². The van der Waals surface area contributed by atoms with Crippen molar-refractivity contribution in [1.82, 2.24) is 14.8 Å². The molecule has 27 heavy (non-hydrogen) atoms. The Labute approximate surface area is 164 Å². The summed E-state index contributed by atoms with van der Waals surface area (Å²) in [4.78, 5) is 22.1. The second kappa shape index (κ2) is 8.03. The van der Waals surface area contributed by atoms with Crippen LogP contribution < -0.4 is 0 Å². The third-order valence-electron chi connectivity index (χ3n) is 4.99. The van der Waals surface area contributed by atoms with Crippen LogP contribution in [-0.4, -0.2) is 47.4 Å². The van der Waals surface area contributed by atoms with Gasteiger partial charge in [0.1, 0.15) is 5.01 Å². The minimum absolute atomic E-state index is 0.102. The molecule has 2 heterocycles. The number of benzene rings is 2. The minimum atomic E-state index is 0.102. The number of piperazine rings is 1. The summed E-state index contributed by atoms with van der Waals surface area (Å²) in [6.45, 7) is 2.52. The van der Waals surface area contributed by atoms with E-state index >= 15 is 0 Å². The molecule has 0 saturated carbocycles. The lowest BCUT2D eigenvalue weighted by molar-refractivity contribution is -0.135. The first-order chi connectivity index (χ1) is 13.2. The fourth-order valence-electron chi connectivity index (χ4n) is 3.54. The zero-order chi connectivity index (χ0) is 18.6. The van der Waals surface area contributed by atoms with Crippen molar-refractivity contribution in [3.8, 4) is 10.6 Å². The predicted octanol–water partition coefficient (Wildman–Crippen LogP) is 3.87. The zero-order valence-corrected chi connectivity index (χ0v) is 16.2. The van der Waals surface area contributed by atoms with Gasteiger partial charge in [-0.15, -0.1) is 11.3 Å². The molecule has 0 bridgehead atoms. The van der Waals surface area contributed by atoms with Gasteiger partial charge in [-0.05, 0) is 12.6 Å². The molecule has 1 saturated heterocycles. The Kier molecular flexibility index (Phi) is 5.32. The SMILES string of the molecule is CN1CCN(C(=O)Cc2csc(-c3ccccc3)n2)C(c2ccccc2)C1. The largest absolute Gasteiger partial charge is 0.333 e. The smallest absolute Gasteiger partial charge is 0.229 e. The summed E-state index contributed by atoms with van der Waals surface area (Å²) >= 11 is 1.60. The molecule has 1 atom stereocenters. The Hall–Kier alpha value is -2.50. The number of likely N-dealkylation sites (N-methyl/N-ethyl adjacent to an activating group) is 1. The van der Waals surface area contributed by atoms with E-state index in [0.29, 0.717) is 6.42 Å². The number of thiazole rings is 1. The quantitative estimate of drug-likeness (QED) is 0.693. The average Bonchev–Trinajstić information content (AvgIpc) is 3.17. The highest BCUT2D eigenvalue weighted by Crippen LogP contribution is 2.27. The van der Waals surface area contributed by atoms with Crippen LogP contribution in [-0.2, 0) is 11.2 Å². The molecular weight excluding hydrogens is 354 g/mol. The van der Waals surface area contributed by atoms with Crippen molar-refractivity contribution >= 4 is 17.2 Å². The van der Waals surface area contributed by atoms with Crippen LogP contribution in [0.2, 0.25) is 0 Å². The first-order valence-electron chi connectivity index (χ1n) is 9.23. The molecule has 4 rings (SSSR count). The van der Waals surface area contributed by atoms with Crippen LogP contribution in [0, 0.1) is 0 Å². The van der Waals surface area contributed by atoms with E-state index in [9.17, 15) is 4.79 Å². The lowest BCUT2D eigenvalue weighted by atomic mass is 10.0. The van der Waals surface area contributed by atoms with E-state index in [1.165, 1.54) is 5.56 Å². The molecule has 0 spiro atoms. The second-order valence-corrected chi connectivity index (χ2v) is 7.82. The third kappa shape index (κ3) is 4.10. The van der Waals surface area contributed by atoms with Crippen LogP contribution in [0.3, 0.4) is 0 Å². The van der Waals surface area contributed by atoms with E-state index in [0.717, 1.165) is 35.9 Å². The number of hydrogen-bond acceptors (Lipinski definition) is 4. The van der Waals surface area contributed by atoms with E-state index in [1.54, 1.807) is 11.3 Å². The Bertz CT molecular complexity index is 894. The fourth-order valence-corrected chi connectivity index (χ4v) is 4.36. The van der Waals surface area contributed by atoms with E-state index in [1.807, 2.05) is 46.7 Å². The topological polar surface area (TPSA) is 36.4 Å². The Balaban J connectivity index is 1.51. The Morgan fingerprint density at radius 1 is 1.07 bits per heavy atom. The fraction of sp³-hybridized carbons (Fsp3) is 0.273. The van der Waals surface area contributed by atoms with Gasteiger partial charge in [-0.1, -0.05) is 60.7 Å². The molecule has 0 radical (unpaired) electrons. The lowest BCUT2D eigenvalue weighted by Crippen LogP contribution is -2.49.